The van der Waals surface area contributed by atoms with Crippen LogP contribution in [-0.4, -0.2) is 37.3 Å². The maximum atomic E-state index is 13.6. The third kappa shape index (κ3) is 5.19. The minimum atomic E-state index is -0.792. The van der Waals surface area contributed by atoms with Gasteiger partial charge in [0.05, 0.1) is 0 Å². The summed E-state index contributed by atoms with van der Waals surface area (Å²) in [6.45, 7) is 2.62. The van der Waals surface area contributed by atoms with Crippen LogP contribution in [0.2, 0.25) is 0 Å². The Kier molecular flexibility index (Phi) is 7.21. The molecule has 0 unspecified atom stereocenters. The molecular weight excluding hydrogens is 422 g/mol. The van der Waals surface area contributed by atoms with Crippen LogP contribution in [0.25, 0.3) is 0 Å². The van der Waals surface area contributed by atoms with Gasteiger partial charge < -0.3 is 10.2 Å². The summed E-state index contributed by atoms with van der Waals surface area (Å²) in [5.74, 6) is 0.131. The highest BCUT2D eigenvalue weighted by atomic mass is 32.1. The number of nitrogens with one attached hydrogen (secondary N) is 1. The highest BCUT2D eigenvalue weighted by Crippen LogP contribution is 2.34. The fourth-order valence-corrected chi connectivity index (χ4v) is 4.69. The smallest absolute Gasteiger partial charge is 0.276 e. The second kappa shape index (κ2) is 10.5. The fourth-order valence-electron chi connectivity index (χ4n) is 4.26. The molecule has 0 radical (unpaired) electrons. The number of nitrogens with zero attached hydrogens (tertiary/aromatic N) is 4. The van der Waals surface area contributed by atoms with Crippen LogP contribution in [0.3, 0.4) is 0 Å². The van der Waals surface area contributed by atoms with E-state index in [9.17, 15) is 9.59 Å². The molecule has 2 aromatic heterocycles. The van der Waals surface area contributed by atoms with Crippen LogP contribution in [0, 0.1) is 5.92 Å². The molecule has 0 saturated heterocycles. The SMILES string of the molecule is CC1CCC(N(C(=O)c2csnn2)[C@H](C(=O)NCc2ccccc2)c2cccnc2)CC1. The highest BCUT2D eigenvalue weighted by Gasteiger charge is 2.39. The molecule has 0 spiro atoms. The molecule has 7 nitrogen and oxygen atoms in total. The molecule has 166 valence electrons. The number of benzene rings is 1. The van der Waals surface area contributed by atoms with Gasteiger partial charge in [0, 0.05) is 35.9 Å². The van der Waals surface area contributed by atoms with E-state index >= 15 is 0 Å². The molecule has 2 amide bonds. The molecule has 32 heavy (non-hydrogen) atoms. The van der Waals surface area contributed by atoms with Gasteiger partial charge in [0.1, 0.15) is 6.04 Å². The lowest BCUT2D eigenvalue weighted by atomic mass is 9.85. The van der Waals surface area contributed by atoms with Crippen molar-refractivity contribution in [3.8, 4) is 0 Å². The van der Waals surface area contributed by atoms with Crippen molar-refractivity contribution in [1.29, 1.82) is 0 Å². The van der Waals surface area contributed by atoms with Gasteiger partial charge in [0.15, 0.2) is 5.69 Å². The van der Waals surface area contributed by atoms with Crippen LogP contribution < -0.4 is 5.32 Å². The van der Waals surface area contributed by atoms with Gasteiger partial charge in [-0.05, 0) is 54.8 Å². The van der Waals surface area contributed by atoms with E-state index in [1.54, 1.807) is 28.7 Å². The lowest BCUT2D eigenvalue weighted by molar-refractivity contribution is -0.127. The molecule has 2 heterocycles. The maximum absolute atomic E-state index is 13.6. The van der Waals surface area contributed by atoms with Crippen molar-refractivity contribution >= 4 is 23.3 Å². The Hall–Kier alpha value is -3.13. The lowest BCUT2D eigenvalue weighted by Crippen LogP contribution is -2.49. The zero-order valence-corrected chi connectivity index (χ0v) is 18.9. The van der Waals surface area contributed by atoms with Gasteiger partial charge in [-0.1, -0.05) is 47.8 Å². The first-order valence-electron chi connectivity index (χ1n) is 10.9. The number of amides is 2. The van der Waals surface area contributed by atoms with Crippen molar-refractivity contribution in [2.75, 3.05) is 0 Å². The van der Waals surface area contributed by atoms with Crippen LogP contribution in [-0.2, 0) is 11.3 Å². The topological polar surface area (TPSA) is 88.1 Å². The van der Waals surface area contributed by atoms with Gasteiger partial charge in [-0.2, -0.15) is 0 Å². The molecule has 8 heteroatoms. The minimum absolute atomic E-state index is 0.0481. The first kappa shape index (κ1) is 22.1. The zero-order valence-electron chi connectivity index (χ0n) is 18.1. The normalized spacial score (nSPS) is 19.2. The molecule has 1 fully saturated rings. The van der Waals surface area contributed by atoms with Gasteiger partial charge in [-0.25, -0.2) is 0 Å². The zero-order chi connectivity index (χ0) is 22.3. The van der Waals surface area contributed by atoms with Crippen molar-refractivity contribution < 1.29 is 9.59 Å². The number of carbonyl (C=O) groups is 2. The summed E-state index contributed by atoms with van der Waals surface area (Å²) in [5, 5.41) is 8.68. The molecular formula is C24H27N5O2S. The van der Waals surface area contributed by atoms with Crippen LogP contribution in [0.4, 0.5) is 0 Å². The van der Waals surface area contributed by atoms with E-state index in [-0.39, 0.29) is 23.6 Å². The lowest BCUT2D eigenvalue weighted by Gasteiger charge is -2.40. The van der Waals surface area contributed by atoms with Crippen molar-refractivity contribution in [1.82, 2.24) is 24.8 Å². The van der Waals surface area contributed by atoms with Crippen molar-refractivity contribution in [2.45, 2.75) is 51.2 Å². The van der Waals surface area contributed by atoms with Gasteiger partial charge >= 0.3 is 0 Å². The number of rotatable bonds is 7. The number of hydrogen-bond acceptors (Lipinski definition) is 6. The van der Waals surface area contributed by atoms with Crippen LogP contribution in [0.1, 0.15) is 60.3 Å². The number of carbonyl (C=O) groups excluding carboxylic acids is 2. The third-order valence-corrected chi connectivity index (χ3v) is 6.53. The van der Waals surface area contributed by atoms with E-state index in [1.807, 2.05) is 36.4 Å². The van der Waals surface area contributed by atoms with Crippen molar-refractivity contribution in [3.63, 3.8) is 0 Å². The average molecular weight is 450 g/mol. The molecule has 1 aliphatic rings. The predicted octanol–water partition coefficient (Wildman–Crippen LogP) is 4.01. The summed E-state index contributed by atoms with van der Waals surface area (Å²) in [6, 6.07) is 12.6. The predicted molar refractivity (Wildman–Crippen MR) is 123 cm³/mol. The Bertz CT molecular complexity index is 1010. The van der Waals surface area contributed by atoms with E-state index in [0.29, 0.717) is 18.0 Å². The maximum Gasteiger partial charge on any atom is 0.276 e. The molecule has 3 aromatic rings. The largest absolute Gasteiger partial charge is 0.350 e. The third-order valence-electron chi connectivity index (χ3n) is 6.03. The standard InChI is InChI=1S/C24H27N5O2S/c1-17-9-11-20(12-10-17)29(24(31)21-16-32-28-27-21)22(19-8-5-13-25-15-19)23(30)26-14-18-6-3-2-4-7-18/h2-8,13,15-17,20,22H,9-12,14H2,1H3,(H,26,30)/t17?,20?,22-/m0/s1. The molecule has 1 N–H and O–H groups in total. The molecule has 1 aliphatic carbocycles. The minimum Gasteiger partial charge on any atom is -0.350 e. The summed E-state index contributed by atoms with van der Waals surface area (Å²) in [7, 11) is 0. The van der Waals surface area contributed by atoms with Gasteiger partial charge in [-0.3, -0.25) is 14.6 Å². The van der Waals surface area contributed by atoms with E-state index in [2.05, 4.69) is 26.8 Å². The van der Waals surface area contributed by atoms with E-state index < -0.39 is 6.04 Å². The number of pyridine rings is 1. The molecule has 4 rings (SSSR count). The summed E-state index contributed by atoms with van der Waals surface area (Å²) < 4.78 is 3.87. The Morgan fingerprint density at radius 3 is 2.56 bits per heavy atom. The van der Waals surface area contributed by atoms with Gasteiger partial charge in [-0.15, -0.1) is 5.10 Å². The Morgan fingerprint density at radius 1 is 1.12 bits per heavy atom. The molecule has 1 aromatic carbocycles. The van der Waals surface area contributed by atoms with E-state index in [4.69, 9.17) is 0 Å². The second-order valence-electron chi connectivity index (χ2n) is 8.31. The Balaban J connectivity index is 1.67. The molecule has 0 aliphatic heterocycles. The van der Waals surface area contributed by atoms with Crippen LogP contribution in [0.5, 0.6) is 0 Å². The molecule has 0 bridgehead atoms. The second-order valence-corrected chi connectivity index (χ2v) is 8.92. The Labute approximate surface area is 192 Å². The number of aromatic nitrogens is 3. The summed E-state index contributed by atoms with van der Waals surface area (Å²) >= 11 is 1.13. The van der Waals surface area contributed by atoms with E-state index in [1.165, 1.54) is 0 Å². The summed E-state index contributed by atoms with van der Waals surface area (Å²) in [5.41, 5.74) is 1.96. The number of hydrogen-bond donors (Lipinski definition) is 1. The van der Waals surface area contributed by atoms with Gasteiger partial charge in [0.25, 0.3) is 5.91 Å². The fraction of sp³-hybridized carbons (Fsp3) is 0.375. The average Bonchev–Trinajstić information content (AvgIpc) is 3.38. The molecule has 1 atom stereocenters. The first-order chi connectivity index (χ1) is 15.6. The van der Waals surface area contributed by atoms with Crippen LogP contribution >= 0.6 is 11.5 Å². The van der Waals surface area contributed by atoms with Crippen molar-refractivity contribution in [2.24, 2.45) is 5.92 Å². The summed E-state index contributed by atoms with van der Waals surface area (Å²) in [6.07, 6.45) is 7.09. The van der Waals surface area contributed by atoms with Crippen molar-refractivity contribution in [3.05, 3.63) is 77.1 Å². The molecule has 1 saturated carbocycles. The van der Waals surface area contributed by atoms with Gasteiger partial charge in [0.2, 0.25) is 5.91 Å². The quantitative estimate of drug-likeness (QED) is 0.589. The van der Waals surface area contributed by atoms with E-state index in [0.717, 1.165) is 42.8 Å². The summed E-state index contributed by atoms with van der Waals surface area (Å²) in [4.78, 5) is 33.1. The monoisotopic (exact) mass is 449 g/mol. The van der Waals surface area contributed by atoms with Crippen LogP contribution in [0.15, 0.2) is 60.2 Å². The Morgan fingerprint density at radius 2 is 1.91 bits per heavy atom. The first-order valence-corrected chi connectivity index (χ1v) is 11.8. The highest BCUT2D eigenvalue weighted by molar-refractivity contribution is 7.03.